The number of nitrogens with one attached hydrogen (secondary N) is 1. The number of carbonyl (C=O) groups is 1. The third-order valence-corrected chi connectivity index (χ3v) is 4.12. The first-order valence-corrected chi connectivity index (χ1v) is 7.95. The number of rotatable bonds is 6. The summed E-state index contributed by atoms with van der Waals surface area (Å²) in [6.45, 7) is 4.09. The van der Waals surface area contributed by atoms with Crippen LogP contribution < -0.4 is 11.1 Å². The lowest BCUT2D eigenvalue weighted by molar-refractivity contribution is -0.117. The minimum absolute atomic E-state index is 0.151. The zero-order valence-corrected chi connectivity index (χ0v) is 13.8. The van der Waals surface area contributed by atoms with E-state index in [1.165, 1.54) is 11.8 Å². The Kier molecular flexibility index (Phi) is 5.57. The normalized spacial score (nSPS) is 12.4. The van der Waals surface area contributed by atoms with Crippen molar-refractivity contribution in [2.75, 3.05) is 5.32 Å². The lowest BCUT2D eigenvalue weighted by Crippen LogP contribution is -2.36. The summed E-state index contributed by atoms with van der Waals surface area (Å²) in [5.41, 5.74) is 6.61. The maximum absolute atomic E-state index is 12.0. The molecule has 0 aliphatic heterocycles. The summed E-state index contributed by atoms with van der Waals surface area (Å²) in [4.78, 5) is 13.0. The maximum Gasteiger partial charge on any atom is 0.241 e. The Bertz CT molecular complexity index is 623. The average Bonchev–Trinajstić information content (AvgIpc) is 2.85. The van der Waals surface area contributed by atoms with Crippen LogP contribution in [0.3, 0.4) is 0 Å². The summed E-state index contributed by atoms with van der Waals surface area (Å²) in [6, 6.07) is 7.11. The molecule has 0 aliphatic rings. The van der Waals surface area contributed by atoms with E-state index in [4.69, 9.17) is 5.73 Å². The fourth-order valence-corrected chi connectivity index (χ4v) is 2.69. The Hall–Kier alpha value is -1.86. The van der Waals surface area contributed by atoms with Crippen molar-refractivity contribution in [1.29, 1.82) is 0 Å². The number of aryl methyl sites for hydroxylation is 1. The molecule has 22 heavy (non-hydrogen) atoms. The average molecular weight is 319 g/mol. The summed E-state index contributed by atoms with van der Waals surface area (Å²) in [6.07, 6.45) is 2.33. The number of hydrogen-bond donors (Lipinski definition) is 2. The number of amides is 1. The number of nitrogens with zero attached hydrogens (tertiary/aromatic N) is 3. The van der Waals surface area contributed by atoms with Gasteiger partial charge in [0.1, 0.15) is 6.33 Å². The van der Waals surface area contributed by atoms with E-state index >= 15 is 0 Å². The van der Waals surface area contributed by atoms with Crippen molar-refractivity contribution in [1.82, 2.24) is 14.8 Å². The molecule has 7 heteroatoms. The van der Waals surface area contributed by atoms with Crippen LogP contribution in [0, 0.1) is 5.92 Å². The first kappa shape index (κ1) is 16.5. The van der Waals surface area contributed by atoms with E-state index in [2.05, 4.69) is 15.5 Å². The Morgan fingerprint density at radius 3 is 2.59 bits per heavy atom. The summed E-state index contributed by atoms with van der Waals surface area (Å²) in [5.74, 6) is 0.244. The van der Waals surface area contributed by atoms with Gasteiger partial charge in [0, 0.05) is 17.6 Å². The molecule has 1 aromatic heterocycles. The second-order valence-corrected chi connectivity index (χ2v) is 6.62. The van der Waals surface area contributed by atoms with Gasteiger partial charge < -0.3 is 15.6 Å². The monoisotopic (exact) mass is 319 g/mol. The van der Waals surface area contributed by atoms with Crippen molar-refractivity contribution in [3.05, 3.63) is 30.6 Å². The van der Waals surface area contributed by atoms with Gasteiger partial charge >= 0.3 is 0 Å². The highest BCUT2D eigenvalue weighted by Gasteiger charge is 2.15. The first-order valence-electron chi connectivity index (χ1n) is 7.14. The number of aromatic nitrogens is 3. The molecule has 1 atom stereocenters. The van der Waals surface area contributed by atoms with E-state index in [-0.39, 0.29) is 5.91 Å². The predicted octanol–water partition coefficient (Wildman–Crippen LogP) is 2.28. The molecule has 0 unspecified atom stereocenters. The molecule has 118 valence electrons. The van der Waals surface area contributed by atoms with Gasteiger partial charge in [-0.3, -0.25) is 4.79 Å². The van der Waals surface area contributed by atoms with Gasteiger partial charge in [0.25, 0.3) is 0 Å². The third kappa shape index (κ3) is 4.57. The predicted molar refractivity (Wildman–Crippen MR) is 87.6 cm³/mol. The zero-order chi connectivity index (χ0) is 16.1. The van der Waals surface area contributed by atoms with Crippen molar-refractivity contribution >= 4 is 23.4 Å². The largest absolute Gasteiger partial charge is 0.325 e. The highest BCUT2D eigenvalue weighted by molar-refractivity contribution is 7.99. The van der Waals surface area contributed by atoms with E-state index in [0.29, 0.717) is 12.3 Å². The molecule has 1 amide bonds. The van der Waals surface area contributed by atoms with Crippen LogP contribution in [0.15, 0.2) is 40.6 Å². The van der Waals surface area contributed by atoms with Crippen LogP contribution in [0.25, 0.3) is 0 Å². The molecular weight excluding hydrogens is 298 g/mol. The van der Waals surface area contributed by atoms with Crippen LogP contribution in [0.5, 0.6) is 0 Å². The van der Waals surface area contributed by atoms with Crippen molar-refractivity contribution in [2.45, 2.75) is 36.4 Å². The standard InChI is InChI=1S/C15H21N5OS/c1-10(2)8-13(16)14(21)18-11-4-6-12(7-5-11)22-15-19-17-9-20(15)3/h4-7,9-10,13H,8,16H2,1-3H3,(H,18,21)/t13-/m0/s1. The summed E-state index contributed by atoms with van der Waals surface area (Å²) >= 11 is 1.52. The van der Waals surface area contributed by atoms with Crippen molar-refractivity contribution in [3.63, 3.8) is 0 Å². The summed E-state index contributed by atoms with van der Waals surface area (Å²) < 4.78 is 1.85. The summed E-state index contributed by atoms with van der Waals surface area (Å²) in [7, 11) is 1.90. The Balaban J connectivity index is 1.94. The van der Waals surface area contributed by atoms with Crippen molar-refractivity contribution in [2.24, 2.45) is 18.7 Å². The van der Waals surface area contributed by atoms with E-state index in [0.717, 1.165) is 15.7 Å². The highest BCUT2D eigenvalue weighted by atomic mass is 32.2. The molecule has 0 saturated heterocycles. The van der Waals surface area contributed by atoms with Gasteiger partial charge in [-0.15, -0.1) is 10.2 Å². The van der Waals surface area contributed by atoms with Crippen LogP contribution in [0.1, 0.15) is 20.3 Å². The smallest absolute Gasteiger partial charge is 0.241 e. The van der Waals surface area contributed by atoms with E-state index < -0.39 is 6.04 Å². The summed E-state index contributed by atoms with van der Waals surface area (Å²) in [5, 5.41) is 11.5. The Morgan fingerprint density at radius 2 is 2.05 bits per heavy atom. The molecule has 0 radical (unpaired) electrons. The second-order valence-electron chi connectivity index (χ2n) is 5.58. The van der Waals surface area contributed by atoms with Crippen LogP contribution in [-0.4, -0.2) is 26.7 Å². The van der Waals surface area contributed by atoms with Gasteiger partial charge in [-0.2, -0.15) is 0 Å². The van der Waals surface area contributed by atoms with Gasteiger partial charge in [-0.25, -0.2) is 0 Å². The maximum atomic E-state index is 12.0. The van der Waals surface area contributed by atoms with Gasteiger partial charge in [0.05, 0.1) is 6.04 Å². The number of benzene rings is 1. The van der Waals surface area contributed by atoms with Crippen LogP contribution in [-0.2, 0) is 11.8 Å². The zero-order valence-electron chi connectivity index (χ0n) is 13.0. The number of carbonyl (C=O) groups excluding carboxylic acids is 1. The third-order valence-electron chi connectivity index (χ3n) is 3.06. The quantitative estimate of drug-likeness (QED) is 0.853. The second kappa shape index (κ2) is 7.42. The molecule has 0 aliphatic carbocycles. The topological polar surface area (TPSA) is 85.8 Å². The Labute approximate surface area is 134 Å². The van der Waals surface area contributed by atoms with Gasteiger partial charge in [-0.1, -0.05) is 13.8 Å². The molecule has 6 nitrogen and oxygen atoms in total. The van der Waals surface area contributed by atoms with Crippen molar-refractivity contribution < 1.29 is 4.79 Å². The molecule has 1 aromatic carbocycles. The fraction of sp³-hybridized carbons (Fsp3) is 0.400. The number of hydrogen-bond acceptors (Lipinski definition) is 5. The van der Waals surface area contributed by atoms with Crippen LogP contribution >= 0.6 is 11.8 Å². The van der Waals surface area contributed by atoms with E-state index in [1.807, 2.05) is 49.7 Å². The molecule has 2 aromatic rings. The molecule has 3 N–H and O–H groups in total. The number of nitrogens with two attached hydrogens (primary N) is 1. The lowest BCUT2D eigenvalue weighted by Gasteiger charge is -2.14. The molecular formula is C15H21N5OS. The minimum Gasteiger partial charge on any atom is -0.325 e. The first-order chi connectivity index (χ1) is 10.5. The van der Waals surface area contributed by atoms with E-state index in [1.54, 1.807) is 6.33 Å². The lowest BCUT2D eigenvalue weighted by atomic mass is 10.0. The molecule has 1 heterocycles. The molecule has 2 rings (SSSR count). The van der Waals surface area contributed by atoms with Gasteiger partial charge in [0.15, 0.2) is 5.16 Å². The van der Waals surface area contributed by atoms with Crippen LogP contribution in [0.2, 0.25) is 0 Å². The van der Waals surface area contributed by atoms with Crippen LogP contribution in [0.4, 0.5) is 5.69 Å². The Morgan fingerprint density at radius 1 is 1.36 bits per heavy atom. The molecule has 0 saturated carbocycles. The number of anilines is 1. The van der Waals surface area contributed by atoms with Gasteiger partial charge in [0.2, 0.25) is 5.91 Å². The van der Waals surface area contributed by atoms with Crippen molar-refractivity contribution in [3.8, 4) is 0 Å². The molecule has 0 spiro atoms. The fourth-order valence-electron chi connectivity index (χ4n) is 1.93. The molecule has 0 fully saturated rings. The van der Waals surface area contributed by atoms with Gasteiger partial charge in [-0.05, 0) is 48.4 Å². The van der Waals surface area contributed by atoms with E-state index in [9.17, 15) is 4.79 Å². The molecule has 0 bridgehead atoms. The SMILES string of the molecule is CC(C)C[C@H](N)C(=O)Nc1ccc(Sc2nncn2C)cc1. The highest BCUT2D eigenvalue weighted by Crippen LogP contribution is 2.26. The minimum atomic E-state index is -0.479.